The Hall–Kier alpha value is -0.920. The highest BCUT2D eigenvalue weighted by molar-refractivity contribution is 9.10. The number of benzene rings is 1. The van der Waals surface area contributed by atoms with Crippen molar-refractivity contribution in [3.63, 3.8) is 0 Å². The van der Waals surface area contributed by atoms with Crippen LogP contribution in [0.25, 0.3) is 0 Å². The maximum Gasteiger partial charge on any atom is 0.274 e. The fourth-order valence-corrected chi connectivity index (χ4v) is 2.97. The van der Waals surface area contributed by atoms with Gasteiger partial charge in [0.05, 0.1) is 12.0 Å². The first-order chi connectivity index (χ1) is 7.36. The predicted octanol–water partition coefficient (Wildman–Crippen LogP) is 1.14. The van der Waals surface area contributed by atoms with Gasteiger partial charge >= 0.3 is 0 Å². The van der Waals surface area contributed by atoms with Crippen LogP contribution < -0.4 is 5.48 Å². The van der Waals surface area contributed by atoms with Gasteiger partial charge in [-0.1, -0.05) is 0 Å². The first kappa shape index (κ1) is 13.1. The molecule has 0 unspecified atom stereocenters. The molecule has 0 aliphatic heterocycles. The molecule has 0 fully saturated rings. The van der Waals surface area contributed by atoms with E-state index in [1.807, 2.05) is 0 Å². The minimum atomic E-state index is -3.37. The van der Waals surface area contributed by atoms with E-state index in [1.165, 1.54) is 25.3 Å². The van der Waals surface area contributed by atoms with Crippen LogP contribution in [0.3, 0.4) is 0 Å². The standard InChI is InChI=1S/C9H10BrNO4S/c1-15-11-9(12)6-3-4-7(10)8(5-6)16(2,13)14/h3-5H,1-2H3,(H,11,12). The average molecular weight is 308 g/mol. The quantitative estimate of drug-likeness (QED) is 0.850. The zero-order chi connectivity index (χ0) is 12.3. The molecule has 0 spiro atoms. The lowest BCUT2D eigenvalue weighted by atomic mass is 10.2. The van der Waals surface area contributed by atoms with Gasteiger partial charge in [0, 0.05) is 16.3 Å². The molecule has 5 nitrogen and oxygen atoms in total. The first-order valence-corrected chi connectivity index (χ1v) is 6.87. The topological polar surface area (TPSA) is 72.5 Å². The molecule has 0 atom stereocenters. The number of carbonyl (C=O) groups excluding carboxylic acids is 1. The Morgan fingerprint density at radius 2 is 2.06 bits per heavy atom. The van der Waals surface area contributed by atoms with Gasteiger partial charge in [0.2, 0.25) is 0 Å². The maximum atomic E-state index is 11.4. The molecular weight excluding hydrogens is 298 g/mol. The van der Waals surface area contributed by atoms with E-state index in [4.69, 9.17) is 0 Å². The number of hydroxylamine groups is 1. The summed E-state index contributed by atoms with van der Waals surface area (Å²) in [5.74, 6) is -0.500. The summed E-state index contributed by atoms with van der Waals surface area (Å²) >= 11 is 3.11. The monoisotopic (exact) mass is 307 g/mol. The molecule has 0 heterocycles. The molecule has 1 aromatic carbocycles. The largest absolute Gasteiger partial charge is 0.277 e. The number of hydrogen-bond donors (Lipinski definition) is 1. The molecule has 0 bridgehead atoms. The number of sulfone groups is 1. The molecule has 0 aliphatic carbocycles. The molecule has 0 aromatic heterocycles. The molecule has 7 heteroatoms. The van der Waals surface area contributed by atoms with Crippen molar-refractivity contribution in [2.24, 2.45) is 0 Å². The second kappa shape index (κ2) is 4.94. The van der Waals surface area contributed by atoms with Crippen molar-refractivity contribution in [2.45, 2.75) is 4.90 Å². The Labute approximate surface area is 102 Å². The lowest BCUT2D eigenvalue weighted by molar-refractivity contribution is 0.0537. The van der Waals surface area contributed by atoms with Crippen LogP contribution in [0.2, 0.25) is 0 Å². The van der Waals surface area contributed by atoms with Crippen LogP contribution in [-0.2, 0) is 14.7 Å². The Bertz CT molecular complexity index is 512. The maximum absolute atomic E-state index is 11.4. The molecule has 0 aliphatic rings. The van der Waals surface area contributed by atoms with Gasteiger partial charge in [-0.3, -0.25) is 9.63 Å². The third-order valence-electron chi connectivity index (χ3n) is 1.79. The molecule has 1 amide bonds. The van der Waals surface area contributed by atoms with E-state index in [2.05, 4.69) is 26.2 Å². The van der Waals surface area contributed by atoms with Gasteiger partial charge in [-0.2, -0.15) is 0 Å². The Morgan fingerprint density at radius 1 is 1.44 bits per heavy atom. The number of carbonyl (C=O) groups is 1. The van der Waals surface area contributed by atoms with Crippen molar-refractivity contribution in [3.8, 4) is 0 Å². The van der Waals surface area contributed by atoms with Crippen molar-refractivity contribution in [1.29, 1.82) is 0 Å². The zero-order valence-electron chi connectivity index (χ0n) is 8.65. The van der Waals surface area contributed by atoms with Crippen LogP contribution >= 0.6 is 15.9 Å². The SMILES string of the molecule is CONC(=O)c1ccc(Br)c(S(C)(=O)=O)c1. The fourth-order valence-electron chi connectivity index (χ4n) is 1.08. The molecule has 0 saturated carbocycles. The minimum Gasteiger partial charge on any atom is -0.277 e. The molecule has 1 aromatic rings. The number of hydrogen-bond acceptors (Lipinski definition) is 4. The van der Waals surface area contributed by atoms with E-state index in [9.17, 15) is 13.2 Å². The molecule has 16 heavy (non-hydrogen) atoms. The van der Waals surface area contributed by atoms with Crippen molar-refractivity contribution >= 4 is 31.7 Å². The summed E-state index contributed by atoms with van der Waals surface area (Å²) in [5, 5.41) is 0. The number of rotatable bonds is 3. The van der Waals surface area contributed by atoms with Crippen LogP contribution in [-0.4, -0.2) is 27.7 Å². The lowest BCUT2D eigenvalue weighted by Crippen LogP contribution is -2.22. The van der Waals surface area contributed by atoms with Crippen molar-refractivity contribution in [3.05, 3.63) is 28.2 Å². The number of nitrogens with one attached hydrogen (secondary N) is 1. The second-order valence-electron chi connectivity index (χ2n) is 3.05. The predicted molar refractivity (Wildman–Crippen MR) is 61.7 cm³/mol. The van der Waals surface area contributed by atoms with Crippen molar-refractivity contribution in [2.75, 3.05) is 13.4 Å². The second-order valence-corrected chi connectivity index (χ2v) is 5.89. The van der Waals surface area contributed by atoms with Gasteiger partial charge in [-0.25, -0.2) is 13.9 Å². The van der Waals surface area contributed by atoms with Gasteiger partial charge in [-0.15, -0.1) is 0 Å². The normalized spacial score (nSPS) is 11.2. The molecule has 1 N–H and O–H groups in total. The molecule has 0 radical (unpaired) electrons. The highest BCUT2D eigenvalue weighted by Crippen LogP contribution is 2.23. The number of halogens is 1. The van der Waals surface area contributed by atoms with Gasteiger partial charge < -0.3 is 0 Å². The van der Waals surface area contributed by atoms with Crippen molar-refractivity contribution < 1.29 is 18.0 Å². The van der Waals surface area contributed by atoms with Crippen molar-refractivity contribution in [1.82, 2.24) is 5.48 Å². The smallest absolute Gasteiger partial charge is 0.274 e. The fraction of sp³-hybridized carbons (Fsp3) is 0.222. The Morgan fingerprint density at radius 3 is 2.56 bits per heavy atom. The first-order valence-electron chi connectivity index (χ1n) is 4.19. The zero-order valence-corrected chi connectivity index (χ0v) is 11.1. The molecule has 1 rings (SSSR count). The number of amides is 1. The van der Waals surface area contributed by atoms with E-state index < -0.39 is 15.7 Å². The van der Waals surface area contributed by atoms with Crippen LogP contribution in [0.4, 0.5) is 0 Å². The van der Waals surface area contributed by atoms with Crippen LogP contribution in [0.5, 0.6) is 0 Å². The molecule has 88 valence electrons. The summed E-state index contributed by atoms with van der Waals surface area (Å²) in [4.78, 5) is 15.9. The lowest BCUT2D eigenvalue weighted by Gasteiger charge is -2.06. The summed E-state index contributed by atoms with van der Waals surface area (Å²) in [7, 11) is -2.07. The van der Waals surface area contributed by atoms with Gasteiger partial charge in [0.25, 0.3) is 5.91 Å². The minimum absolute atomic E-state index is 0.0660. The summed E-state index contributed by atoms with van der Waals surface area (Å²) in [6, 6.07) is 4.28. The average Bonchev–Trinajstić information content (AvgIpc) is 2.16. The van der Waals surface area contributed by atoms with E-state index in [0.717, 1.165) is 6.26 Å². The summed E-state index contributed by atoms with van der Waals surface area (Å²) in [6.07, 6.45) is 1.07. The van der Waals surface area contributed by atoms with Crippen LogP contribution in [0, 0.1) is 0 Å². The third-order valence-corrected chi connectivity index (χ3v) is 3.88. The molecule has 0 saturated heterocycles. The molecular formula is C9H10BrNO4S. The van der Waals surface area contributed by atoms with E-state index in [0.29, 0.717) is 4.47 Å². The third kappa shape index (κ3) is 3.03. The van der Waals surface area contributed by atoms with E-state index >= 15 is 0 Å². The van der Waals surface area contributed by atoms with Gasteiger partial charge in [0.15, 0.2) is 9.84 Å². The van der Waals surface area contributed by atoms with Crippen LogP contribution in [0.15, 0.2) is 27.6 Å². The summed E-state index contributed by atoms with van der Waals surface area (Å²) in [5.41, 5.74) is 2.32. The van der Waals surface area contributed by atoms with Gasteiger partial charge in [-0.05, 0) is 34.1 Å². The highest BCUT2D eigenvalue weighted by Gasteiger charge is 2.15. The Kier molecular flexibility index (Phi) is 4.06. The van der Waals surface area contributed by atoms with E-state index in [1.54, 1.807) is 0 Å². The van der Waals surface area contributed by atoms with E-state index in [-0.39, 0.29) is 10.5 Å². The Balaban J connectivity index is 3.23. The van der Waals surface area contributed by atoms with Crippen LogP contribution in [0.1, 0.15) is 10.4 Å². The van der Waals surface area contributed by atoms with Gasteiger partial charge in [0.1, 0.15) is 0 Å². The summed E-state index contributed by atoms with van der Waals surface area (Å²) in [6.45, 7) is 0. The summed E-state index contributed by atoms with van der Waals surface area (Å²) < 4.78 is 23.2. The highest BCUT2D eigenvalue weighted by atomic mass is 79.9.